The van der Waals surface area contributed by atoms with Crippen molar-refractivity contribution in [2.45, 2.75) is 6.92 Å². The Labute approximate surface area is 102 Å². The van der Waals surface area contributed by atoms with E-state index in [-0.39, 0.29) is 5.43 Å². The van der Waals surface area contributed by atoms with Crippen LogP contribution < -0.4 is 15.2 Å². The van der Waals surface area contributed by atoms with Gasteiger partial charge >= 0.3 is 0 Å². The van der Waals surface area contributed by atoms with E-state index in [1.165, 1.54) is 6.08 Å². The fourth-order valence-electron chi connectivity index (χ4n) is 1.69. The van der Waals surface area contributed by atoms with E-state index in [2.05, 4.69) is 0 Å². The molecule has 2 nitrogen and oxygen atoms in total. The van der Waals surface area contributed by atoms with Gasteiger partial charge in [-0.15, -0.1) is 11.3 Å². The van der Waals surface area contributed by atoms with Crippen LogP contribution in [0, 0.1) is 0 Å². The van der Waals surface area contributed by atoms with Gasteiger partial charge in [0, 0.05) is 19.8 Å². The third-order valence-electron chi connectivity index (χ3n) is 2.47. The lowest BCUT2D eigenvalue weighted by Crippen LogP contribution is -2.36. The third-order valence-corrected chi connectivity index (χ3v) is 3.72. The summed E-state index contributed by atoms with van der Waals surface area (Å²) in [4.78, 5) is 12.3. The number of hydrogen-bond donors (Lipinski definition) is 1. The average molecular weight is 244 g/mol. The highest BCUT2D eigenvalue weighted by molar-refractivity contribution is 7.16. The molecule has 0 saturated carbocycles. The predicted octanol–water partition coefficient (Wildman–Crippen LogP) is 1.91. The molecule has 17 heavy (non-hydrogen) atoms. The zero-order valence-electron chi connectivity index (χ0n) is 9.38. The van der Waals surface area contributed by atoms with E-state index in [0.29, 0.717) is 5.22 Å². The molecule has 1 aromatic heterocycles. The summed E-state index contributed by atoms with van der Waals surface area (Å²) in [6, 6.07) is 7.56. The van der Waals surface area contributed by atoms with E-state index in [1.54, 1.807) is 17.4 Å². The number of benzene rings is 1. The Morgan fingerprint density at radius 1 is 1.29 bits per heavy atom. The van der Waals surface area contributed by atoms with Crippen LogP contribution in [0.4, 0.5) is 0 Å². The first-order valence-electron chi connectivity index (χ1n) is 5.27. The third kappa shape index (κ3) is 2.15. The summed E-state index contributed by atoms with van der Waals surface area (Å²) in [6.45, 7) is 1.90. The molecule has 0 fully saturated rings. The fraction of sp³-hybridized carbons (Fsp3) is 0.0714. The van der Waals surface area contributed by atoms with Crippen LogP contribution in [-0.2, 0) is 0 Å². The molecule has 0 saturated heterocycles. The smallest absolute Gasteiger partial charge is 0.195 e. The summed E-state index contributed by atoms with van der Waals surface area (Å²) in [6.07, 6.45) is 5.94. The van der Waals surface area contributed by atoms with Crippen molar-refractivity contribution in [3.05, 3.63) is 56.6 Å². The maximum Gasteiger partial charge on any atom is 0.195 e. The first-order chi connectivity index (χ1) is 8.27. The van der Waals surface area contributed by atoms with E-state index in [0.717, 1.165) is 20.9 Å². The van der Waals surface area contributed by atoms with Crippen LogP contribution >= 0.6 is 11.3 Å². The van der Waals surface area contributed by atoms with Gasteiger partial charge in [0.15, 0.2) is 5.43 Å². The van der Waals surface area contributed by atoms with Gasteiger partial charge in [-0.25, -0.2) is 0 Å². The predicted molar refractivity (Wildman–Crippen MR) is 73.7 cm³/mol. The van der Waals surface area contributed by atoms with Crippen molar-refractivity contribution in [3.63, 3.8) is 0 Å². The molecule has 0 aliphatic heterocycles. The van der Waals surface area contributed by atoms with Gasteiger partial charge in [-0.2, -0.15) is 0 Å². The van der Waals surface area contributed by atoms with Gasteiger partial charge in [0.2, 0.25) is 0 Å². The van der Waals surface area contributed by atoms with Gasteiger partial charge in [-0.05, 0) is 31.2 Å². The number of fused-ring (bicyclic) bond motifs is 1. The van der Waals surface area contributed by atoms with Gasteiger partial charge in [-0.1, -0.05) is 18.2 Å². The normalized spacial score (nSPS) is 13.9. The molecule has 0 atom stereocenters. The minimum Gasteiger partial charge on any atom is -0.516 e. The van der Waals surface area contributed by atoms with Crippen LogP contribution in [-0.4, -0.2) is 5.11 Å². The number of allylic oxidation sites excluding steroid dienone is 1. The molecule has 1 heterocycles. The van der Waals surface area contributed by atoms with Gasteiger partial charge in [0.25, 0.3) is 0 Å². The molecule has 1 aromatic carbocycles. The largest absolute Gasteiger partial charge is 0.516 e. The Morgan fingerprint density at radius 3 is 2.76 bits per heavy atom. The van der Waals surface area contributed by atoms with Crippen LogP contribution in [0.5, 0.6) is 0 Å². The quantitative estimate of drug-likeness (QED) is 0.778. The Morgan fingerprint density at radius 2 is 2.06 bits per heavy atom. The fourth-order valence-corrected chi connectivity index (χ4v) is 2.73. The van der Waals surface area contributed by atoms with Crippen molar-refractivity contribution >= 4 is 33.6 Å². The molecule has 0 amide bonds. The zero-order valence-corrected chi connectivity index (χ0v) is 10.2. The first kappa shape index (κ1) is 11.6. The zero-order chi connectivity index (χ0) is 12.3. The van der Waals surface area contributed by atoms with E-state index >= 15 is 0 Å². The Kier molecular flexibility index (Phi) is 3.40. The molecule has 0 radical (unpaired) electrons. The van der Waals surface area contributed by atoms with Gasteiger partial charge < -0.3 is 5.11 Å². The molecular weight excluding hydrogens is 232 g/mol. The van der Waals surface area contributed by atoms with Crippen LogP contribution in [0.1, 0.15) is 6.92 Å². The number of aliphatic hydroxyl groups is 1. The van der Waals surface area contributed by atoms with Crippen LogP contribution in [0.25, 0.3) is 22.2 Å². The first-order valence-corrected chi connectivity index (χ1v) is 6.09. The monoisotopic (exact) mass is 244 g/mol. The molecule has 0 unspecified atom stereocenters. The molecule has 0 aliphatic carbocycles. The lowest BCUT2D eigenvalue weighted by molar-refractivity contribution is 0.474. The van der Waals surface area contributed by atoms with Gasteiger partial charge in [0.1, 0.15) is 0 Å². The topological polar surface area (TPSA) is 37.3 Å². The summed E-state index contributed by atoms with van der Waals surface area (Å²) in [5.74, 6) is 0. The standard InChI is InChI=1S/C14H12O2S/c1-2-12-10(7-5-9-15)14(16)11-6-3-4-8-13(11)17-12/h2-9,15H,1H3/b9-5?,10-7+,12-2+. The lowest BCUT2D eigenvalue weighted by Gasteiger charge is -1.96. The number of hydrogen-bond acceptors (Lipinski definition) is 3. The summed E-state index contributed by atoms with van der Waals surface area (Å²) in [7, 11) is 0. The van der Waals surface area contributed by atoms with Crippen molar-refractivity contribution in [2.24, 2.45) is 0 Å². The Balaban J connectivity index is 3.03. The van der Waals surface area contributed by atoms with E-state index in [4.69, 9.17) is 5.11 Å². The molecule has 86 valence electrons. The second-order valence-electron chi connectivity index (χ2n) is 3.50. The minimum absolute atomic E-state index is 0.00514. The highest BCUT2D eigenvalue weighted by Crippen LogP contribution is 2.09. The van der Waals surface area contributed by atoms with Gasteiger partial charge in [-0.3, -0.25) is 4.79 Å². The minimum atomic E-state index is 0.00514. The highest BCUT2D eigenvalue weighted by Gasteiger charge is 2.00. The van der Waals surface area contributed by atoms with Crippen LogP contribution in [0.2, 0.25) is 0 Å². The summed E-state index contributed by atoms with van der Waals surface area (Å²) in [5, 5.41) is 10.0. The maximum absolute atomic E-state index is 12.3. The van der Waals surface area contributed by atoms with Crippen LogP contribution in [0.15, 0.2) is 41.4 Å². The number of aliphatic hydroxyl groups excluding tert-OH is 1. The lowest BCUT2D eigenvalue weighted by atomic mass is 10.2. The van der Waals surface area contributed by atoms with Crippen molar-refractivity contribution < 1.29 is 5.11 Å². The van der Waals surface area contributed by atoms with Crippen molar-refractivity contribution in [2.75, 3.05) is 0 Å². The van der Waals surface area contributed by atoms with Crippen molar-refractivity contribution in [1.82, 2.24) is 0 Å². The van der Waals surface area contributed by atoms with E-state index in [1.807, 2.05) is 37.3 Å². The second-order valence-corrected chi connectivity index (χ2v) is 4.59. The van der Waals surface area contributed by atoms with E-state index < -0.39 is 0 Å². The molecule has 0 bridgehead atoms. The Bertz CT molecular complexity index is 739. The SMILES string of the molecule is C/C=c1/sc2ccccc2c(=O)/c1=C/C=CO. The molecule has 0 aliphatic rings. The van der Waals surface area contributed by atoms with Crippen molar-refractivity contribution in [3.8, 4) is 0 Å². The van der Waals surface area contributed by atoms with Crippen LogP contribution in [0.3, 0.4) is 0 Å². The molecular formula is C14H12O2S. The van der Waals surface area contributed by atoms with E-state index in [9.17, 15) is 4.79 Å². The van der Waals surface area contributed by atoms with Gasteiger partial charge in [0.05, 0.1) is 6.26 Å². The average Bonchev–Trinajstić information content (AvgIpc) is 2.37. The molecule has 3 heteroatoms. The van der Waals surface area contributed by atoms with Crippen molar-refractivity contribution in [1.29, 1.82) is 0 Å². The summed E-state index contributed by atoms with van der Waals surface area (Å²) < 4.78 is 1.91. The summed E-state index contributed by atoms with van der Waals surface area (Å²) in [5.41, 5.74) is 0.00514. The highest BCUT2D eigenvalue weighted by atomic mass is 32.1. The second kappa shape index (κ2) is 4.97. The molecule has 1 N–H and O–H groups in total. The molecule has 2 rings (SSSR count). The Hall–Kier alpha value is -1.87. The summed E-state index contributed by atoms with van der Waals surface area (Å²) >= 11 is 1.58. The molecule has 0 spiro atoms. The number of rotatable bonds is 1. The molecule has 2 aromatic rings. The maximum atomic E-state index is 12.3.